The van der Waals surface area contributed by atoms with Crippen LogP contribution in [-0.2, 0) is 0 Å². The smallest absolute Gasteiger partial charge is 0.0828 e. The van der Waals surface area contributed by atoms with Gasteiger partial charge in [-0.2, -0.15) is 5.10 Å². The van der Waals surface area contributed by atoms with E-state index in [1.54, 1.807) is 0 Å². The van der Waals surface area contributed by atoms with Gasteiger partial charge in [0.1, 0.15) is 0 Å². The van der Waals surface area contributed by atoms with Gasteiger partial charge in [-0.1, -0.05) is 19.3 Å². The number of nitrogens with zero attached hydrogens (tertiary/aromatic N) is 2. The zero-order valence-electron chi connectivity index (χ0n) is 12.3. The Morgan fingerprint density at radius 1 is 1.22 bits per heavy atom. The Balaban J connectivity index is 2.00. The highest BCUT2D eigenvalue weighted by Crippen LogP contribution is 2.26. The molecule has 102 valence electrons. The van der Waals surface area contributed by atoms with Gasteiger partial charge in [0.05, 0.1) is 17.1 Å². The van der Waals surface area contributed by atoms with Crippen LogP contribution in [0.5, 0.6) is 0 Å². The summed E-state index contributed by atoms with van der Waals surface area (Å²) < 4.78 is 2.12. The lowest BCUT2D eigenvalue weighted by Gasteiger charge is -2.22. The van der Waals surface area contributed by atoms with Crippen LogP contribution in [0.25, 0.3) is 0 Å². The van der Waals surface area contributed by atoms with E-state index in [2.05, 4.69) is 42.8 Å². The Hall–Kier alpha value is -0.990. The first-order valence-corrected chi connectivity index (χ1v) is 7.39. The molecule has 1 fully saturated rings. The summed E-state index contributed by atoms with van der Waals surface area (Å²) >= 11 is 0. The van der Waals surface area contributed by atoms with Crippen LogP contribution in [0.3, 0.4) is 0 Å². The SMILES string of the molecule is Cc1nn(C(C)C)c(C)c1NCC1CCCCC1. The van der Waals surface area contributed by atoms with Crippen molar-refractivity contribution in [1.82, 2.24) is 9.78 Å². The van der Waals surface area contributed by atoms with Crippen LogP contribution in [0.1, 0.15) is 63.4 Å². The molecular formula is C15H27N3. The molecule has 0 amide bonds. The maximum Gasteiger partial charge on any atom is 0.0828 e. The van der Waals surface area contributed by atoms with E-state index >= 15 is 0 Å². The molecule has 3 heteroatoms. The number of anilines is 1. The van der Waals surface area contributed by atoms with Crippen molar-refractivity contribution in [1.29, 1.82) is 0 Å². The Morgan fingerprint density at radius 3 is 2.44 bits per heavy atom. The van der Waals surface area contributed by atoms with Gasteiger partial charge in [0.25, 0.3) is 0 Å². The molecule has 2 rings (SSSR count). The van der Waals surface area contributed by atoms with Crippen molar-refractivity contribution < 1.29 is 0 Å². The van der Waals surface area contributed by atoms with Gasteiger partial charge in [-0.3, -0.25) is 4.68 Å². The molecule has 0 unspecified atom stereocenters. The second-order valence-corrected chi connectivity index (χ2v) is 5.97. The van der Waals surface area contributed by atoms with E-state index in [1.807, 2.05) is 0 Å². The molecule has 1 saturated carbocycles. The van der Waals surface area contributed by atoms with Crippen LogP contribution in [0, 0.1) is 19.8 Å². The highest BCUT2D eigenvalue weighted by molar-refractivity contribution is 5.52. The first kappa shape index (κ1) is 13.4. The van der Waals surface area contributed by atoms with Crippen molar-refractivity contribution in [3.05, 3.63) is 11.4 Å². The minimum Gasteiger partial charge on any atom is -0.382 e. The highest BCUT2D eigenvalue weighted by atomic mass is 15.3. The van der Waals surface area contributed by atoms with Crippen molar-refractivity contribution in [3.63, 3.8) is 0 Å². The predicted octanol–water partition coefficient (Wildman–Crippen LogP) is 4.07. The van der Waals surface area contributed by atoms with Gasteiger partial charge in [0.2, 0.25) is 0 Å². The molecule has 1 N–H and O–H groups in total. The largest absolute Gasteiger partial charge is 0.382 e. The normalized spacial score (nSPS) is 17.4. The first-order valence-electron chi connectivity index (χ1n) is 7.39. The molecule has 1 aromatic heterocycles. The summed E-state index contributed by atoms with van der Waals surface area (Å²) in [5.74, 6) is 0.861. The predicted molar refractivity (Wildman–Crippen MR) is 77.2 cm³/mol. The maximum atomic E-state index is 4.63. The lowest BCUT2D eigenvalue weighted by molar-refractivity contribution is 0.373. The standard InChI is InChI=1S/C15H27N3/c1-11(2)18-13(4)15(12(3)17-18)16-10-14-8-6-5-7-9-14/h11,14,16H,5-10H2,1-4H3. The summed E-state index contributed by atoms with van der Waals surface area (Å²) in [6.07, 6.45) is 7.04. The summed E-state index contributed by atoms with van der Waals surface area (Å²) in [5, 5.41) is 8.27. The van der Waals surface area contributed by atoms with E-state index in [4.69, 9.17) is 0 Å². The van der Waals surface area contributed by atoms with Crippen molar-refractivity contribution in [3.8, 4) is 0 Å². The Kier molecular flexibility index (Phi) is 4.31. The second-order valence-electron chi connectivity index (χ2n) is 5.97. The quantitative estimate of drug-likeness (QED) is 0.871. The van der Waals surface area contributed by atoms with E-state index < -0.39 is 0 Å². The topological polar surface area (TPSA) is 29.9 Å². The summed E-state index contributed by atoms with van der Waals surface area (Å²) in [6.45, 7) is 9.76. The fraction of sp³-hybridized carbons (Fsp3) is 0.800. The average molecular weight is 249 g/mol. The molecule has 1 aromatic rings. The molecule has 1 aliphatic carbocycles. The number of rotatable bonds is 4. The van der Waals surface area contributed by atoms with E-state index in [0.29, 0.717) is 6.04 Å². The third-order valence-corrected chi connectivity index (χ3v) is 4.11. The lowest BCUT2D eigenvalue weighted by Crippen LogP contribution is -2.17. The van der Waals surface area contributed by atoms with Crippen LogP contribution in [-0.4, -0.2) is 16.3 Å². The van der Waals surface area contributed by atoms with E-state index in [0.717, 1.165) is 18.2 Å². The second kappa shape index (κ2) is 5.77. The van der Waals surface area contributed by atoms with Crippen LogP contribution in [0.4, 0.5) is 5.69 Å². The molecule has 1 aliphatic rings. The van der Waals surface area contributed by atoms with Crippen LogP contribution in [0.15, 0.2) is 0 Å². The average Bonchev–Trinajstić information content (AvgIpc) is 2.64. The number of hydrogen-bond acceptors (Lipinski definition) is 2. The monoisotopic (exact) mass is 249 g/mol. The lowest BCUT2D eigenvalue weighted by atomic mass is 9.89. The number of aromatic nitrogens is 2. The van der Waals surface area contributed by atoms with Crippen LogP contribution < -0.4 is 5.32 Å². The van der Waals surface area contributed by atoms with Gasteiger partial charge < -0.3 is 5.32 Å². The van der Waals surface area contributed by atoms with Gasteiger partial charge in [-0.05, 0) is 46.5 Å². The zero-order chi connectivity index (χ0) is 13.1. The number of hydrogen-bond donors (Lipinski definition) is 1. The number of nitrogens with one attached hydrogen (secondary N) is 1. The summed E-state index contributed by atoms with van der Waals surface area (Å²) in [5.41, 5.74) is 3.67. The Bertz CT molecular complexity index is 387. The maximum absolute atomic E-state index is 4.63. The minimum absolute atomic E-state index is 0.439. The molecule has 0 saturated heterocycles. The van der Waals surface area contributed by atoms with E-state index in [1.165, 1.54) is 43.5 Å². The van der Waals surface area contributed by atoms with Gasteiger partial charge in [-0.25, -0.2) is 0 Å². The van der Waals surface area contributed by atoms with Crippen molar-refractivity contribution >= 4 is 5.69 Å². The summed E-state index contributed by atoms with van der Waals surface area (Å²) in [7, 11) is 0. The molecule has 0 aliphatic heterocycles. The molecule has 0 bridgehead atoms. The molecule has 0 atom stereocenters. The van der Waals surface area contributed by atoms with Gasteiger partial charge in [0, 0.05) is 12.6 Å². The molecular weight excluding hydrogens is 222 g/mol. The van der Waals surface area contributed by atoms with Crippen molar-refractivity contribution in [2.45, 2.75) is 65.8 Å². The van der Waals surface area contributed by atoms with Crippen molar-refractivity contribution in [2.24, 2.45) is 5.92 Å². The summed E-state index contributed by atoms with van der Waals surface area (Å²) in [4.78, 5) is 0. The fourth-order valence-electron chi connectivity index (χ4n) is 3.06. The molecule has 18 heavy (non-hydrogen) atoms. The van der Waals surface area contributed by atoms with Crippen molar-refractivity contribution in [2.75, 3.05) is 11.9 Å². The van der Waals surface area contributed by atoms with E-state index in [9.17, 15) is 0 Å². The molecule has 1 heterocycles. The fourth-order valence-corrected chi connectivity index (χ4v) is 3.06. The van der Waals surface area contributed by atoms with Gasteiger partial charge in [-0.15, -0.1) is 0 Å². The van der Waals surface area contributed by atoms with Gasteiger partial charge >= 0.3 is 0 Å². The zero-order valence-corrected chi connectivity index (χ0v) is 12.3. The molecule has 3 nitrogen and oxygen atoms in total. The van der Waals surface area contributed by atoms with Crippen LogP contribution >= 0.6 is 0 Å². The Morgan fingerprint density at radius 2 is 1.89 bits per heavy atom. The molecule has 0 radical (unpaired) electrons. The molecule has 0 aromatic carbocycles. The van der Waals surface area contributed by atoms with Crippen LogP contribution in [0.2, 0.25) is 0 Å². The third-order valence-electron chi connectivity index (χ3n) is 4.11. The first-order chi connectivity index (χ1) is 8.59. The van der Waals surface area contributed by atoms with Gasteiger partial charge in [0.15, 0.2) is 0 Å². The minimum atomic E-state index is 0.439. The number of aryl methyl sites for hydroxylation is 1. The third kappa shape index (κ3) is 2.88. The molecule has 0 spiro atoms. The Labute approximate surface area is 111 Å². The summed E-state index contributed by atoms with van der Waals surface area (Å²) in [6, 6.07) is 0.439. The van der Waals surface area contributed by atoms with E-state index in [-0.39, 0.29) is 0 Å². The highest BCUT2D eigenvalue weighted by Gasteiger charge is 2.16.